The van der Waals surface area contributed by atoms with Crippen LogP contribution in [0.5, 0.6) is 5.75 Å². The Morgan fingerprint density at radius 1 is 1.16 bits per heavy atom. The molecule has 0 fully saturated rings. The lowest BCUT2D eigenvalue weighted by Gasteiger charge is -2.16. The lowest BCUT2D eigenvalue weighted by molar-refractivity contribution is -0.122. The van der Waals surface area contributed by atoms with Gasteiger partial charge in [0.05, 0.1) is 11.4 Å². The third-order valence-corrected chi connectivity index (χ3v) is 5.85. The van der Waals surface area contributed by atoms with Crippen LogP contribution in [0.3, 0.4) is 0 Å². The first-order valence-corrected chi connectivity index (χ1v) is 11.1. The van der Waals surface area contributed by atoms with Crippen LogP contribution in [0.25, 0.3) is 5.65 Å². The van der Waals surface area contributed by atoms with Gasteiger partial charge in [-0.25, -0.2) is 4.98 Å². The Balaban J connectivity index is 1.44. The zero-order valence-electron chi connectivity index (χ0n) is 18.0. The molecule has 7 nitrogen and oxygen atoms in total. The molecule has 164 valence electrons. The van der Waals surface area contributed by atoms with Gasteiger partial charge < -0.3 is 14.6 Å². The molecule has 1 N–H and O–H groups in total. The summed E-state index contributed by atoms with van der Waals surface area (Å²) in [5.74, 6) is 1.49. The van der Waals surface area contributed by atoms with Gasteiger partial charge in [0.15, 0.2) is 11.8 Å². The van der Waals surface area contributed by atoms with E-state index in [0.29, 0.717) is 34.3 Å². The third-order valence-electron chi connectivity index (χ3n) is 4.75. The number of benzene rings is 2. The van der Waals surface area contributed by atoms with Crippen LogP contribution in [0.1, 0.15) is 23.9 Å². The second kappa shape index (κ2) is 9.32. The number of nitrogens with one attached hydrogen (secondary N) is 1. The molecular formula is C24H23N3O4S. The van der Waals surface area contributed by atoms with Crippen molar-refractivity contribution >= 4 is 29.0 Å². The van der Waals surface area contributed by atoms with Crippen molar-refractivity contribution in [2.75, 3.05) is 5.32 Å². The van der Waals surface area contributed by atoms with E-state index in [9.17, 15) is 9.59 Å². The summed E-state index contributed by atoms with van der Waals surface area (Å²) in [6.45, 7) is 5.48. The summed E-state index contributed by atoms with van der Waals surface area (Å²) in [6, 6.07) is 18.3. The van der Waals surface area contributed by atoms with E-state index in [1.54, 1.807) is 19.9 Å². The van der Waals surface area contributed by atoms with Crippen molar-refractivity contribution in [2.45, 2.75) is 37.5 Å². The van der Waals surface area contributed by atoms with Gasteiger partial charge in [-0.15, -0.1) is 16.3 Å². The van der Waals surface area contributed by atoms with Crippen molar-refractivity contribution in [3.05, 3.63) is 88.0 Å². The number of carbonyl (C=O) groups is 1. The molecule has 0 aliphatic carbocycles. The first-order chi connectivity index (χ1) is 15.4. The van der Waals surface area contributed by atoms with Gasteiger partial charge >= 0.3 is 0 Å². The molecule has 1 amide bonds. The van der Waals surface area contributed by atoms with E-state index in [4.69, 9.17) is 9.26 Å². The Bertz CT molecular complexity index is 1310. The van der Waals surface area contributed by atoms with E-state index in [2.05, 4.69) is 10.3 Å². The number of aromatic nitrogens is 2. The number of ether oxygens (including phenoxy) is 1. The number of hydrogen-bond acceptors (Lipinski definition) is 6. The Hall–Kier alpha value is -3.52. The average Bonchev–Trinajstić information content (AvgIpc) is 3.15. The van der Waals surface area contributed by atoms with Gasteiger partial charge in [-0.3, -0.25) is 9.59 Å². The monoisotopic (exact) mass is 449 g/mol. The minimum Gasteiger partial charge on any atom is -0.481 e. The third kappa shape index (κ3) is 5.03. The van der Waals surface area contributed by atoms with Gasteiger partial charge in [0.25, 0.3) is 11.5 Å². The topological polar surface area (TPSA) is 85.8 Å². The Labute approximate surface area is 189 Å². The summed E-state index contributed by atoms with van der Waals surface area (Å²) in [4.78, 5) is 30.3. The maximum atomic E-state index is 12.7. The molecule has 0 aliphatic heterocycles. The molecule has 0 radical (unpaired) electrons. The van der Waals surface area contributed by atoms with Gasteiger partial charge in [-0.2, -0.15) is 0 Å². The number of hydrogen-bond donors (Lipinski definition) is 1. The van der Waals surface area contributed by atoms with Gasteiger partial charge in [-0.05, 0) is 45.0 Å². The quantitative estimate of drug-likeness (QED) is 0.415. The maximum absolute atomic E-state index is 12.7. The molecule has 2 aromatic heterocycles. The van der Waals surface area contributed by atoms with Crippen LogP contribution in [-0.4, -0.2) is 21.6 Å². The van der Waals surface area contributed by atoms with E-state index in [1.165, 1.54) is 22.4 Å². The van der Waals surface area contributed by atoms with Crippen LogP contribution in [0, 0.1) is 13.8 Å². The molecule has 0 saturated carbocycles. The SMILES string of the molecule is Cc1ccc(O[C@@H](C)C(=O)Nc2ccccc2SCc2cc(=O)n3oc(C)cc3n2)cc1. The molecule has 32 heavy (non-hydrogen) atoms. The molecule has 8 heteroatoms. The highest BCUT2D eigenvalue weighted by Gasteiger charge is 2.17. The number of nitrogens with zero attached hydrogens (tertiary/aromatic N) is 2. The molecule has 0 spiro atoms. The lowest BCUT2D eigenvalue weighted by Crippen LogP contribution is -2.30. The zero-order valence-corrected chi connectivity index (χ0v) is 18.8. The predicted octanol–water partition coefficient (Wildman–Crippen LogP) is 4.60. The number of amides is 1. The number of rotatable bonds is 7. The van der Waals surface area contributed by atoms with Gasteiger partial charge in [0.1, 0.15) is 11.5 Å². The fourth-order valence-corrected chi connectivity index (χ4v) is 4.00. The van der Waals surface area contributed by atoms with E-state index >= 15 is 0 Å². The predicted molar refractivity (Wildman–Crippen MR) is 124 cm³/mol. The summed E-state index contributed by atoms with van der Waals surface area (Å²) < 4.78 is 12.3. The van der Waals surface area contributed by atoms with Crippen molar-refractivity contribution in [2.24, 2.45) is 0 Å². The minimum atomic E-state index is -0.663. The van der Waals surface area contributed by atoms with Crippen molar-refractivity contribution in [1.29, 1.82) is 0 Å². The van der Waals surface area contributed by atoms with Crippen molar-refractivity contribution in [3.8, 4) is 5.75 Å². The summed E-state index contributed by atoms with van der Waals surface area (Å²) in [5, 5.41) is 2.94. The molecular weight excluding hydrogens is 426 g/mol. The Morgan fingerprint density at radius 3 is 2.69 bits per heavy atom. The standard InChI is InChI=1S/C24H23N3O4S/c1-15-8-10-19(11-9-15)30-17(3)24(29)26-20-6-4-5-7-21(20)32-14-18-13-23(28)27-22(25-18)12-16(2)31-27/h4-13,17H,14H2,1-3H3,(H,26,29)/t17-/m0/s1. The molecule has 4 rings (SSSR count). The zero-order chi connectivity index (χ0) is 22.7. The molecule has 4 aromatic rings. The number of carbonyl (C=O) groups excluding carboxylic acids is 1. The number of para-hydroxylation sites is 1. The first-order valence-electron chi connectivity index (χ1n) is 10.1. The normalized spacial score (nSPS) is 12.0. The number of fused-ring (bicyclic) bond motifs is 1. The van der Waals surface area contributed by atoms with Crippen LogP contribution in [0.2, 0.25) is 0 Å². The molecule has 1 atom stereocenters. The molecule has 2 heterocycles. The average molecular weight is 450 g/mol. The summed E-state index contributed by atoms with van der Waals surface area (Å²) in [6.07, 6.45) is -0.663. The number of aryl methyl sites for hydroxylation is 2. The second-order valence-corrected chi connectivity index (χ2v) is 8.45. The molecule has 0 saturated heterocycles. The van der Waals surface area contributed by atoms with Crippen LogP contribution < -0.4 is 15.6 Å². The van der Waals surface area contributed by atoms with Gasteiger partial charge in [0.2, 0.25) is 0 Å². The fourth-order valence-electron chi connectivity index (χ4n) is 3.10. The maximum Gasteiger partial charge on any atom is 0.287 e. The Kier molecular flexibility index (Phi) is 6.32. The highest BCUT2D eigenvalue weighted by molar-refractivity contribution is 7.98. The van der Waals surface area contributed by atoms with Crippen molar-refractivity contribution < 1.29 is 14.1 Å². The first kappa shape index (κ1) is 21.7. The van der Waals surface area contributed by atoms with Crippen LogP contribution >= 0.6 is 11.8 Å². The molecule has 0 aliphatic rings. The minimum absolute atomic E-state index is 0.245. The lowest BCUT2D eigenvalue weighted by atomic mass is 10.2. The highest BCUT2D eigenvalue weighted by Crippen LogP contribution is 2.29. The largest absolute Gasteiger partial charge is 0.481 e. The highest BCUT2D eigenvalue weighted by atomic mass is 32.2. The fraction of sp³-hybridized carbons (Fsp3) is 0.208. The van der Waals surface area contributed by atoms with Crippen LogP contribution in [-0.2, 0) is 10.5 Å². The number of anilines is 1. The van der Waals surface area contributed by atoms with Crippen LogP contribution in [0.4, 0.5) is 5.69 Å². The summed E-state index contributed by atoms with van der Waals surface area (Å²) >= 11 is 1.49. The second-order valence-electron chi connectivity index (χ2n) is 7.43. The van der Waals surface area contributed by atoms with Gasteiger partial charge in [-0.1, -0.05) is 29.8 Å². The van der Waals surface area contributed by atoms with Crippen molar-refractivity contribution in [3.63, 3.8) is 0 Å². The Morgan fingerprint density at radius 2 is 1.91 bits per heavy atom. The molecule has 2 aromatic carbocycles. The van der Waals surface area contributed by atoms with Crippen LogP contribution in [0.15, 0.2) is 74.9 Å². The van der Waals surface area contributed by atoms with Gasteiger partial charge in [0, 0.05) is 22.8 Å². The summed E-state index contributed by atoms with van der Waals surface area (Å²) in [5.41, 5.74) is 2.66. The van der Waals surface area contributed by atoms with E-state index in [-0.39, 0.29) is 11.5 Å². The van der Waals surface area contributed by atoms with E-state index < -0.39 is 6.10 Å². The molecule has 0 bridgehead atoms. The van der Waals surface area contributed by atoms with E-state index in [1.807, 2.05) is 55.5 Å². The molecule has 0 unspecified atom stereocenters. The smallest absolute Gasteiger partial charge is 0.287 e. The number of thioether (sulfide) groups is 1. The van der Waals surface area contributed by atoms with E-state index in [0.717, 1.165) is 10.5 Å². The summed E-state index contributed by atoms with van der Waals surface area (Å²) in [7, 11) is 0. The van der Waals surface area contributed by atoms with Crippen molar-refractivity contribution in [1.82, 2.24) is 9.56 Å².